The normalized spacial score (nSPS) is 12.7. The highest BCUT2D eigenvalue weighted by molar-refractivity contribution is 5.28. The molecule has 0 saturated carbocycles. The number of hydrogen-bond donors (Lipinski definition) is 1. The van der Waals surface area contributed by atoms with E-state index in [1.165, 1.54) is 5.56 Å². The summed E-state index contributed by atoms with van der Waals surface area (Å²) in [5.41, 5.74) is 6.90. The Bertz CT molecular complexity index is 344. The summed E-state index contributed by atoms with van der Waals surface area (Å²) in [5, 5.41) is 0. The average Bonchev–Trinajstić information content (AvgIpc) is 2.38. The van der Waals surface area contributed by atoms with Gasteiger partial charge in [0.15, 0.2) is 0 Å². The fourth-order valence-electron chi connectivity index (χ4n) is 1.93. The van der Waals surface area contributed by atoms with Gasteiger partial charge in [0.25, 0.3) is 0 Å². The molecule has 0 spiro atoms. The zero-order valence-corrected chi connectivity index (χ0v) is 11.6. The highest BCUT2D eigenvalue weighted by Gasteiger charge is 2.10. The summed E-state index contributed by atoms with van der Waals surface area (Å²) in [4.78, 5) is 2.21. The molecule has 0 fully saturated rings. The van der Waals surface area contributed by atoms with Crippen LogP contribution in [-0.2, 0) is 11.3 Å². The molecule has 1 aromatic rings. The summed E-state index contributed by atoms with van der Waals surface area (Å²) < 4.78 is 10.8. The molecular weight excluding hydrogens is 228 g/mol. The molecule has 4 heteroatoms. The molecule has 1 atom stereocenters. The van der Waals surface area contributed by atoms with Crippen LogP contribution in [0.5, 0.6) is 5.75 Å². The summed E-state index contributed by atoms with van der Waals surface area (Å²) in [6, 6.07) is 8.10. The standard InChI is InChI=1S/C14H24N2O2/c1-4-18-14(9-15)11-16(2)10-12-6-5-7-13(8-12)17-3/h5-8,14H,4,9-11,15H2,1-3H3. The van der Waals surface area contributed by atoms with Crippen LogP contribution < -0.4 is 10.5 Å². The highest BCUT2D eigenvalue weighted by atomic mass is 16.5. The van der Waals surface area contributed by atoms with Gasteiger partial charge in [-0.3, -0.25) is 4.90 Å². The maximum atomic E-state index is 5.67. The minimum Gasteiger partial charge on any atom is -0.497 e. The van der Waals surface area contributed by atoms with Crippen molar-refractivity contribution in [1.82, 2.24) is 4.90 Å². The maximum absolute atomic E-state index is 5.67. The van der Waals surface area contributed by atoms with Gasteiger partial charge < -0.3 is 15.2 Å². The first-order chi connectivity index (χ1) is 8.69. The van der Waals surface area contributed by atoms with Crippen LogP contribution in [0.1, 0.15) is 12.5 Å². The van der Waals surface area contributed by atoms with Crippen molar-refractivity contribution in [3.63, 3.8) is 0 Å². The summed E-state index contributed by atoms with van der Waals surface area (Å²) in [5.74, 6) is 0.890. The summed E-state index contributed by atoms with van der Waals surface area (Å²) in [6.45, 7) is 4.94. The molecule has 4 nitrogen and oxygen atoms in total. The first-order valence-corrected chi connectivity index (χ1v) is 6.32. The third-order valence-electron chi connectivity index (χ3n) is 2.77. The van der Waals surface area contributed by atoms with E-state index >= 15 is 0 Å². The second-order valence-electron chi connectivity index (χ2n) is 4.36. The van der Waals surface area contributed by atoms with E-state index in [0.717, 1.165) is 18.8 Å². The van der Waals surface area contributed by atoms with Crippen LogP contribution in [0.2, 0.25) is 0 Å². The van der Waals surface area contributed by atoms with Gasteiger partial charge in [-0.25, -0.2) is 0 Å². The smallest absolute Gasteiger partial charge is 0.119 e. The molecule has 0 bridgehead atoms. The molecule has 0 aliphatic carbocycles. The van der Waals surface area contributed by atoms with Crippen molar-refractivity contribution < 1.29 is 9.47 Å². The van der Waals surface area contributed by atoms with Crippen LogP contribution >= 0.6 is 0 Å². The molecular formula is C14H24N2O2. The van der Waals surface area contributed by atoms with Crippen LogP contribution in [-0.4, -0.2) is 44.9 Å². The van der Waals surface area contributed by atoms with Gasteiger partial charge in [-0.15, -0.1) is 0 Å². The summed E-state index contributed by atoms with van der Waals surface area (Å²) in [7, 11) is 3.75. The van der Waals surface area contributed by atoms with E-state index in [-0.39, 0.29) is 6.10 Å². The van der Waals surface area contributed by atoms with Gasteiger partial charge >= 0.3 is 0 Å². The molecule has 0 saturated heterocycles. The lowest BCUT2D eigenvalue weighted by Gasteiger charge is -2.23. The van der Waals surface area contributed by atoms with E-state index < -0.39 is 0 Å². The SMILES string of the molecule is CCOC(CN)CN(C)Cc1cccc(OC)c1. The molecule has 18 heavy (non-hydrogen) atoms. The van der Waals surface area contributed by atoms with E-state index in [9.17, 15) is 0 Å². The van der Waals surface area contributed by atoms with Gasteiger partial charge in [0, 0.05) is 26.2 Å². The Kier molecular flexibility index (Phi) is 6.72. The van der Waals surface area contributed by atoms with Crippen molar-refractivity contribution >= 4 is 0 Å². The van der Waals surface area contributed by atoms with E-state index in [0.29, 0.717) is 13.2 Å². The Balaban J connectivity index is 2.49. The molecule has 0 aliphatic heterocycles. The van der Waals surface area contributed by atoms with Crippen LogP contribution in [0.4, 0.5) is 0 Å². The van der Waals surface area contributed by atoms with Crippen molar-refractivity contribution in [3.8, 4) is 5.75 Å². The fourth-order valence-corrected chi connectivity index (χ4v) is 1.93. The Morgan fingerprint density at radius 1 is 1.39 bits per heavy atom. The number of benzene rings is 1. The molecule has 2 N–H and O–H groups in total. The van der Waals surface area contributed by atoms with Gasteiger partial charge in [-0.05, 0) is 31.7 Å². The molecule has 102 valence electrons. The molecule has 1 unspecified atom stereocenters. The van der Waals surface area contributed by atoms with E-state index in [2.05, 4.69) is 24.1 Å². The molecule has 0 aromatic heterocycles. The number of rotatable bonds is 8. The number of likely N-dealkylation sites (N-methyl/N-ethyl adjacent to an activating group) is 1. The highest BCUT2D eigenvalue weighted by Crippen LogP contribution is 2.14. The third kappa shape index (κ3) is 5.04. The third-order valence-corrected chi connectivity index (χ3v) is 2.77. The van der Waals surface area contributed by atoms with Crippen molar-refractivity contribution in [2.45, 2.75) is 19.6 Å². The Hall–Kier alpha value is -1.10. The second-order valence-corrected chi connectivity index (χ2v) is 4.36. The Labute approximate surface area is 110 Å². The molecule has 1 aromatic carbocycles. The number of ether oxygens (including phenoxy) is 2. The van der Waals surface area contributed by atoms with Gasteiger partial charge in [-0.2, -0.15) is 0 Å². The van der Waals surface area contributed by atoms with Gasteiger partial charge in [0.1, 0.15) is 5.75 Å². The van der Waals surface area contributed by atoms with Crippen LogP contribution in [0.25, 0.3) is 0 Å². The van der Waals surface area contributed by atoms with Crippen LogP contribution in [0, 0.1) is 0 Å². The lowest BCUT2D eigenvalue weighted by atomic mass is 10.2. The molecule has 0 heterocycles. The average molecular weight is 252 g/mol. The zero-order valence-electron chi connectivity index (χ0n) is 11.6. The van der Waals surface area contributed by atoms with E-state index in [4.69, 9.17) is 15.2 Å². The van der Waals surface area contributed by atoms with Crippen molar-refractivity contribution in [3.05, 3.63) is 29.8 Å². The quantitative estimate of drug-likeness (QED) is 0.761. The van der Waals surface area contributed by atoms with Crippen LogP contribution in [0.15, 0.2) is 24.3 Å². The molecule has 0 radical (unpaired) electrons. The topological polar surface area (TPSA) is 47.7 Å². The monoisotopic (exact) mass is 252 g/mol. The minimum absolute atomic E-state index is 0.102. The number of hydrogen-bond acceptors (Lipinski definition) is 4. The fraction of sp³-hybridized carbons (Fsp3) is 0.571. The first-order valence-electron chi connectivity index (χ1n) is 6.32. The van der Waals surface area contributed by atoms with Crippen molar-refractivity contribution in [1.29, 1.82) is 0 Å². The number of nitrogens with zero attached hydrogens (tertiary/aromatic N) is 1. The number of methoxy groups -OCH3 is 1. The van der Waals surface area contributed by atoms with Gasteiger partial charge in [0.2, 0.25) is 0 Å². The summed E-state index contributed by atoms with van der Waals surface area (Å²) >= 11 is 0. The predicted octanol–water partition coefficient (Wildman–Crippen LogP) is 1.49. The zero-order chi connectivity index (χ0) is 13.4. The lowest BCUT2D eigenvalue weighted by molar-refractivity contribution is 0.0437. The summed E-state index contributed by atoms with van der Waals surface area (Å²) in [6.07, 6.45) is 0.102. The lowest BCUT2D eigenvalue weighted by Crippen LogP contribution is -2.36. The Morgan fingerprint density at radius 3 is 2.78 bits per heavy atom. The molecule has 1 rings (SSSR count). The number of nitrogens with two attached hydrogens (primary N) is 1. The first kappa shape index (κ1) is 15.0. The largest absolute Gasteiger partial charge is 0.497 e. The van der Waals surface area contributed by atoms with E-state index in [1.807, 2.05) is 19.1 Å². The predicted molar refractivity (Wildman–Crippen MR) is 73.8 cm³/mol. The minimum atomic E-state index is 0.102. The Morgan fingerprint density at radius 2 is 2.17 bits per heavy atom. The van der Waals surface area contributed by atoms with Crippen LogP contribution in [0.3, 0.4) is 0 Å². The van der Waals surface area contributed by atoms with Gasteiger partial charge in [-0.1, -0.05) is 12.1 Å². The second kappa shape index (κ2) is 8.08. The van der Waals surface area contributed by atoms with Crippen molar-refractivity contribution in [2.75, 3.05) is 33.9 Å². The van der Waals surface area contributed by atoms with Gasteiger partial charge in [0.05, 0.1) is 13.2 Å². The van der Waals surface area contributed by atoms with E-state index in [1.54, 1.807) is 7.11 Å². The maximum Gasteiger partial charge on any atom is 0.119 e. The molecule has 0 aliphatic rings. The molecule has 0 amide bonds. The van der Waals surface area contributed by atoms with Crippen molar-refractivity contribution in [2.24, 2.45) is 5.73 Å².